The van der Waals surface area contributed by atoms with Crippen LogP contribution in [0.3, 0.4) is 0 Å². The smallest absolute Gasteiger partial charge is 0.123 e. The van der Waals surface area contributed by atoms with E-state index >= 15 is 0 Å². The van der Waals surface area contributed by atoms with E-state index in [1.54, 1.807) is 0 Å². The van der Waals surface area contributed by atoms with Crippen LogP contribution in [0.25, 0.3) is 0 Å². The van der Waals surface area contributed by atoms with Crippen molar-refractivity contribution in [2.45, 2.75) is 52.5 Å². The van der Waals surface area contributed by atoms with Crippen LogP contribution in [-0.4, -0.2) is 18.4 Å². The summed E-state index contributed by atoms with van der Waals surface area (Å²) in [6, 6.07) is 7.00. The number of nitrogens with two attached hydrogens (primary N) is 1. The van der Waals surface area contributed by atoms with Gasteiger partial charge in [0.1, 0.15) is 5.84 Å². The number of aryl methyl sites for hydroxylation is 1. The van der Waals surface area contributed by atoms with Crippen LogP contribution in [0.2, 0.25) is 0 Å². The third-order valence-electron chi connectivity index (χ3n) is 4.16. The van der Waals surface area contributed by atoms with Crippen molar-refractivity contribution in [2.24, 2.45) is 11.7 Å². The molecule has 1 fully saturated rings. The number of nitrogen functional groups attached to an aromatic ring is 1. The summed E-state index contributed by atoms with van der Waals surface area (Å²) in [4.78, 5) is 2.56. The van der Waals surface area contributed by atoms with Gasteiger partial charge in [-0.2, -0.15) is 0 Å². The summed E-state index contributed by atoms with van der Waals surface area (Å²) in [6.45, 7) is 7.70. The maximum absolute atomic E-state index is 7.60. The van der Waals surface area contributed by atoms with Crippen molar-refractivity contribution in [3.63, 3.8) is 0 Å². The molecule has 0 aliphatic heterocycles. The minimum absolute atomic E-state index is 0.158. The molecule has 3 nitrogen and oxygen atoms in total. The molecule has 0 bridgehead atoms. The summed E-state index contributed by atoms with van der Waals surface area (Å²) in [5.74, 6) is 0.814. The maximum Gasteiger partial charge on any atom is 0.123 e. The predicted octanol–water partition coefficient (Wildman–Crippen LogP) is 3.68. The lowest BCUT2D eigenvalue weighted by Gasteiger charge is -2.33. The molecule has 0 radical (unpaired) electrons. The zero-order valence-corrected chi connectivity index (χ0v) is 12.9. The molecule has 0 aromatic heterocycles. The minimum atomic E-state index is 0.158. The molecule has 0 amide bonds. The molecule has 1 aromatic rings. The van der Waals surface area contributed by atoms with Gasteiger partial charge in [-0.3, -0.25) is 5.41 Å². The maximum atomic E-state index is 7.60. The average molecular weight is 273 g/mol. The van der Waals surface area contributed by atoms with Crippen LogP contribution in [0.15, 0.2) is 18.2 Å². The highest BCUT2D eigenvalue weighted by molar-refractivity contribution is 5.96. The lowest BCUT2D eigenvalue weighted by Crippen LogP contribution is -2.36. The fraction of sp³-hybridized carbons (Fsp3) is 0.588. The highest BCUT2D eigenvalue weighted by Gasteiger charge is 2.23. The van der Waals surface area contributed by atoms with Gasteiger partial charge in [0.2, 0.25) is 0 Å². The van der Waals surface area contributed by atoms with Crippen molar-refractivity contribution in [2.75, 3.05) is 11.4 Å². The Bertz CT molecular complexity index is 473. The minimum Gasteiger partial charge on any atom is -0.384 e. The van der Waals surface area contributed by atoms with Gasteiger partial charge in [0.25, 0.3) is 0 Å². The van der Waals surface area contributed by atoms with Gasteiger partial charge in [-0.25, -0.2) is 0 Å². The number of rotatable bonds is 5. The van der Waals surface area contributed by atoms with E-state index in [1.807, 2.05) is 13.0 Å². The van der Waals surface area contributed by atoms with E-state index in [0.29, 0.717) is 12.0 Å². The first-order chi connectivity index (χ1) is 9.49. The molecule has 0 unspecified atom stereocenters. The quantitative estimate of drug-likeness (QED) is 0.635. The molecule has 20 heavy (non-hydrogen) atoms. The highest BCUT2D eigenvalue weighted by atomic mass is 15.2. The topological polar surface area (TPSA) is 53.1 Å². The Kier molecular flexibility index (Phi) is 4.69. The fourth-order valence-corrected chi connectivity index (χ4v) is 3.20. The third kappa shape index (κ3) is 3.33. The normalized spacial score (nSPS) is 15.8. The van der Waals surface area contributed by atoms with E-state index in [1.165, 1.54) is 31.4 Å². The third-order valence-corrected chi connectivity index (χ3v) is 4.16. The fourth-order valence-electron chi connectivity index (χ4n) is 3.20. The molecule has 2 rings (SSSR count). The standard InChI is InChI=1S/C17H27N3/c1-12(2)11-20(14-6-4-5-7-14)15-8-9-16(17(18)19)13(3)10-15/h8-10,12,14H,4-7,11H2,1-3H3,(H3,18,19). The predicted molar refractivity (Wildman–Crippen MR) is 86.6 cm³/mol. The van der Waals surface area contributed by atoms with E-state index in [4.69, 9.17) is 11.1 Å². The molecule has 1 aromatic carbocycles. The zero-order valence-electron chi connectivity index (χ0n) is 12.9. The van der Waals surface area contributed by atoms with Crippen LogP contribution >= 0.6 is 0 Å². The van der Waals surface area contributed by atoms with Gasteiger partial charge < -0.3 is 10.6 Å². The van der Waals surface area contributed by atoms with Crippen LogP contribution in [0.1, 0.15) is 50.7 Å². The number of hydrogen-bond donors (Lipinski definition) is 2. The molecule has 0 saturated heterocycles. The molecule has 0 spiro atoms. The molecule has 1 aliphatic carbocycles. The van der Waals surface area contributed by atoms with E-state index in [2.05, 4.69) is 30.9 Å². The number of nitrogens with one attached hydrogen (secondary N) is 1. The van der Waals surface area contributed by atoms with Crippen molar-refractivity contribution in [1.29, 1.82) is 5.41 Å². The van der Waals surface area contributed by atoms with Crippen LogP contribution in [0, 0.1) is 18.3 Å². The van der Waals surface area contributed by atoms with Crippen molar-refractivity contribution in [3.05, 3.63) is 29.3 Å². The molecule has 1 aliphatic rings. The summed E-state index contributed by atoms with van der Waals surface area (Å²) in [7, 11) is 0. The van der Waals surface area contributed by atoms with Gasteiger partial charge >= 0.3 is 0 Å². The second kappa shape index (κ2) is 6.29. The lowest BCUT2D eigenvalue weighted by atomic mass is 10.0. The number of nitrogens with zero attached hydrogens (tertiary/aromatic N) is 1. The summed E-state index contributed by atoms with van der Waals surface area (Å²) in [6.07, 6.45) is 5.31. The molecule has 3 heteroatoms. The summed E-state index contributed by atoms with van der Waals surface area (Å²) in [5.41, 5.74) is 8.85. The Morgan fingerprint density at radius 3 is 2.50 bits per heavy atom. The Hall–Kier alpha value is -1.51. The van der Waals surface area contributed by atoms with E-state index in [-0.39, 0.29) is 5.84 Å². The second-order valence-electron chi connectivity index (χ2n) is 6.40. The molecule has 3 N–H and O–H groups in total. The SMILES string of the molecule is Cc1cc(N(CC(C)C)C2CCCC2)ccc1C(=N)N. The summed E-state index contributed by atoms with van der Waals surface area (Å²) >= 11 is 0. The number of hydrogen-bond acceptors (Lipinski definition) is 2. The Balaban J connectivity index is 2.28. The van der Waals surface area contributed by atoms with Gasteiger partial charge in [0, 0.05) is 23.8 Å². The molecule has 0 atom stereocenters. The van der Waals surface area contributed by atoms with Crippen molar-refractivity contribution in [3.8, 4) is 0 Å². The van der Waals surface area contributed by atoms with E-state index in [0.717, 1.165) is 17.7 Å². The van der Waals surface area contributed by atoms with Crippen LogP contribution < -0.4 is 10.6 Å². The second-order valence-corrected chi connectivity index (χ2v) is 6.40. The van der Waals surface area contributed by atoms with Crippen LogP contribution in [-0.2, 0) is 0 Å². The lowest BCUT2D eigenvalue weighted by molar-refractivity contribution is 0.536. The number of benzene rings is 1. The largest absolute Gasteiger partial charge is 0.384 e. The Morgan fingerprint density at radius 2 is 2.00 bits per heavy atom. The van der Waals surface area contributed by atoms with E-state index < -0.39 is 0 Å². The van der Waals surface area contributed by atoms with Crippen LogP contribution in [0.5, 0.6) is 0 Å². The van der Waals surface area contributed by atoms with Gasteiger partial charge in [0.05, 0.1) is 0 Å². The van der Waals surface area contributed by atoms with Gasteiger partial charge in [-0.1, -0.05) is 26.7 Å². The summed E-state index contributed by atoms with van der Waals surface area (Å²) in [5, 5.41) is 7.60. The molecular weight excluding hydrogens is 246 g/mol. The first-order valence-electron chi connectivity index (χ1n) is 7.70. The van der Waals surface area contributed by atoms with Gasteiger partial charge in [0.15, 0.2) is 0 Å². The van der Waals surface area contributed by atoms with Crippen molar-refractivity contribution in [1.82, 2.24) is 0 Å². The number of anilines is 1. The highest BCUT2D eigenvalue weighted by Crippen LogP contribution is 2.30. The van der Waals surface area contributed by atoms with Gasteiger partial charge in [-0.05, 0) is 49.4 Å². The monoisotopic (exact) mass is 273 g/mol. The zero-order chi connectivity index (χ0) is 14.7. The first-order valence-corrected chi connectivity index (χ1v) is 7.70. The van der Waals surface area contributed by atoms with Crippen molar-refractivity contribution < 1.29 is 0 Å². The van der Waals surface area contributed by atoms with Crippen molar-refractivity contribution >= 4 is 11.5 Å². The average Bonchev–Trinajstić information content (AvgIpc) is 2.88. The molecule has 0 heterocycles. The van der Waals surface area contributed by atoms with Gasteiger partial charge in [-0.15, -0.1) is 0 Å². The molecular formula is C17H27N3. The van der Waals surface area contributed by atoms with E-state index in [9.17, 15) is 0 Å². The summed E-state index contributed by atoms with van der Waals surface area (Å²) < 4.78 is 0. The Labute approximate surface area is 122 Å². The molecule has 1 saturated carbocycles. The van der Waals surface area contributed by atoms with Crippen LogP contribution in [0.4, 0.5) is 5.69 Å². The number of amidine groups is 1. The molecule has 110 valence electrons. The Morgan fingerprint density at radius 1 is 1.35 bits per heavy atom. The first kappa shape index (κ1) is 14.9.